The zero-order valence-electron chi connectivity index (χ0n) is 12.9. The zero-order chi connectivity index (χ0) is 16.5. The molecule has 7 heteroatoms. The minimum Gasteiger partial charge on any atom is -0.466 e. The Morgan fingerprint density at radius 2 is 1.73 bits per heavy atom. The van der Waals surface area contributed by atoms with Crippen molar-refractivity contribution in [1.82, 2.24) is 4.31 Å². The number of nitrogens with zero attached hydrogens (tertiary/aromatic N) is 1. The van der Waals surface area contributed by atoms with Crippen LogP contribution in [0.15, 0.2) is 39.6 Å². The molecule has 0 aliphatic rings. The summed E-state index contributed by atoms with van der Waals surface area (Å²) < 4.78 is 30.4. The largest absolute Gasteiger partial charge is 0.466 e. The molecule has 6 nitrogen and oxygen atoms in total. The van der Waals surface area contributed by atoms with Gasteiger partial charge in [-0.1, -0.05) is 0 Å². The first-order chi connectivity index (χ1) is 10.2. The molecule has 0 aliphatic carbocycles. The van der Waals surface area contributed by atoms with E-state index in [0.29, 0.717) is 22.8 Å². The third-order valence-corrected chi connectivity index (χ3v) is 5.01. The van der Waals surface area contributed by atoms with Crippen molar-refractivity contribution in [2.24, 2.45) is 0 Å². The van der Waals surface area contributed by atoms with Crippen LogP contribution in [0, 0.1) is 13.8 Å². The van der Waals surface area contributed by atoms with E-state index in [2.05, 4.69) is 5.32 Å². The Hall–Kier alpha value is -2.12. The molecule has 0 saturated carbocycles. The highest BCUT2D eigenvalue weighted by atomic mass is 32.2. The number of sulfonamides is 1. The molecule has 0 aliphatic heterocycles. The van der Waals surface area contributed by atoms with Gasteiger partial charge in [-0.3, -0.25) is 4.79 Å². The molecule has 0 spiro atoms. The molecular weight excluding hydrogens is 304 g/mol. The minimum absolute atomic E-state index is 0.172. The highest BCUT2D eigenvalue weighted by Crippen LogP contribution is 2.19. The molecule has 1 amide bonds. The van der Waals surface area contributed by atoms with E-state index in [4.69, 9.17) is 4.42 Å². The van der Waals surface area contributed by atoms with E-state index in [9.17, 15) is 13.2 Å². The second kappa shape index (κ2) is 5.94. The van der Waals surface area contributed by atoms with Crippen molar-refractivity contribution in [2.75, 3.05) is 19.4 Å². The van der Waals surface area contributed by atoms with Crippen molar-refractivity contribution < 1.29 is 17.6 Å². The number of benzene rings is 1. The molecule has 1 N–H and O–H groups in total. The summed E-state index contributed by atoms with van der Waals surface area (Å²) in [7, 11) is -0.537. The quantitative estimate of drug-likeness (QED) is 0.937. The summed E-state index contributed by atoms with van der Waals surface area (Å²) in [6.07, 6.45) is 0. The maximum absolute atomic E-state index is 12.1. The van der Waals surface area contributed by atoms with E-state index in [1.165, 1.54) is 26.2 Å². The minimum atomic E-state index is -3.47. The van der Waals surface area contributed by atoms with Crippen LogP contribution < -0.4 is 5.32 Å². The number of rotatable bonds is 4. The van der Waals surface area contributed by atoms with Crippen LogP contribution in [0.5, 0.6) is 0 Å². The number of aryl methyl sites for hydroxylation is 2. The number of amides is 1. The predicted molar refractivity (Wildman–Crippen MR) is 83.5 cm³/mol. The van der Waals surface area contributed by atoms with Crippen LogP contribution >= 0.6 is 0 Å². The summed E-state index contributed by atoms with van der Waals surface area (Å²) in [6.45, 7) is 3.49. The fourth-order valence-corrected chi connectivity index (χ4v) is 2.88. The highest BCUT2D eigenvalue weighted by Gasteiger charge is 2.17. The summed E-state index contributed by atoms with van der Waals surface area (Å²) in [6, 6.07) is 7.68. The number of carbonyl (C=O) groups excluding carboxylic acids is 1. The van der Waals surface area contributed by atoms with Gasteiger partial charge < -0.3 is 9.73 Å². The fraction of sp³-hybridized carbons (Fsp3) is 0.267. The maximum atomic E-state index is 12.1. The number of hydrogen-bond donors (Lipinski definition) is 1. The standard InChI is InChI=1S/C15H18N2O4S/c1-10-9-14(11(2)21-10)15(18)16-12-5-7-13(8-6-12)22(19,20)17(3)4/h5-9H,1-4H3,(H,16,18). The van der Waals surface area contributed by atoms with Crippen LogP contribution in [0.4, 0.5) is 5.69 Å². The summed E-state index contributed by atoms with van der Waals surface area (Å²) in [5, 5.41) is 2.71. The smallest absolute Gasteiger partial charge is 0.259 e. The molecule has 1 aromatic heterocycles. The van der Waals surface area contributed by atoms with Crippen molar-refractivity contribution >= 4 is 21.6 Å². The number of hydrogen-bond acceptors (Lipinski definition) is 4. The van der Waals surface area contributed by atoms with E-state index in [1.807, 2.05) is 0 Å². The topological polar surface area (TPSA) is 79.6 Å². The van der Waals surface area contributed by atoms with Gasteiger partial charge in [0, 0.05) is 19.8 Å². The van der Waals surface area contributed by atoms with Gasteiger partial charge >= 0.3 is 0 Å². The van der Waals surface area contributed by atoms with Crippen LogP contribution in [0.1, 0.15) is 21.9 Å². The summed E-state index contributed by atoms with van der Waals surface area (Å²) in [5.41, 5.74) is 0.975. The third kappa shape index (κ3) is 3.20. The molecular formula is C15H18N2O4S. The Kier molecular flexibility index (Phi) is 4.39. The molecule has 0 radical (unpaired) electrons. The van der Waals surface area contributed by atoms with Gasteiger partial charge in [0.1, 0.15) is 11.5 Å². The number of carbonyl (C=O) groups is 1. The van der Waals surface area contributed by atoms with Crippen LogP contribution in [0.3, 0.4) is 0 Å². The molecule has 1 heterocycles. The van der Waals surface area contributed by atoms with E-state index in [1.54, 1.807) is 32.0 Å². The number of furan rings is 1. The van der Waals surface area contributed by atoms with Crippen molar-refractivity contribution in [3.05, 3.63) is 47.4 Å². The van der Waals surface area contributed by atoms with Gasteiger partial charge in [-0.05, 0) is 44.2 Å². The first-order valence-corrected chi connectivity index (χ1v) is 8.07. The van der Waals surface area contributed by atoms with Crippen molar-refractivity contribution in [3.8, 4) is 0 Å². The Balaban J connectivity index is 2.19. The Morgan fingerprint density at radius 1 is 1.14 bits per heavy atom. The van der Waals surface area contributed by atoms with Gasteiger partial charge in [-0.25, -0.2) is 12.7 Å². The summed E-state index contributed by atoms with van der Waals surface area (Å²) >= 11 is 0. The van der Waals surface area contributed by atoms with E-state index < -0.39 is 10.0 Å². The summed E-state index contributed by atoms with van der Waals surface area (Å²) in [4.78, 5) is 12.3. The molecule has 0 unspecified atom stereocenters. The third-order valence-electron chi connectivity index (χ3n) is 3.18. The molecule has 0 fully saturated rings. The lowest BCUT2D eigenvalue weighted by atomic mass is 10.2. The first kappa shape index (κ1) is 16.3. The van der Waals surface area contributed by atoms with Gasteiger partial charge in [-0.2, -0.15) is 0 Å². The number of anilines is 1. The van der Waals surface area contributed by atoms with Crippen LogP contribution in [-0.2, 0) is 10.0 Å². The Morgan fingerprint density at radius 3 is 2.18 bits per heavy atom. The van der Waals surface area contributed by atoms with Gasteiger partial charge in [0.15, 0.2) is 0 Å². The lowest BCUT2D eigenvalue weighted by Gasteiger charge is -2.11. The first-order valence-electron chi connectivity index (χ1n) is 6.63. The fourth-order valence-electron chi connectivity index (χ4n) is 1.98. The molecule has 22 heavy (non-hydrogen) atoms. The van der Waals surface area contributed by atoms with Crippen molar-refractivity contribution in [3.63, 3.8) is 0 Å². The SMILES string of the molecule is Cc1cc(C(=O)Nc2ccc(S(=O)(=O)N(C)C)cc2)c(C)o1. The lowest BCUT2D eigenvalue weighted by Crippen LogP contribution is -2.22. The van der Waals surface area contributed by atoms with Crippen LogP contribution in [0.2, 0.25) is 0 Å². The van der Waals surface area contributed by atoms with Gasteiger partial charge in [0.25, 0.3) is 5.91 Å². The van der Waals surface area contributed by atoms with E-state index >= 15 is 0 Å². The molecule has 0 atom stereocenters. The predicted octanol–water partition coefficient (Wildman–Crippen LogP) is 2.40. The zero-order valence-corrected chi connectivity index (χ0v) is 13.7. The van der Waals surface area contributed by atoms with Crippen molar-refractivity contribution in [1.29, 1.82) is 0 Å². The number of nitrogens with one attached hydrogen (secondary N) is 1. The van der Waals surface area contributed by atoms with E-state index in [-0.39, 0.29) is 10.8 Å². The Bertz CT molecular complexity index is 789. The maximum Gasteiger partial charge on any atom is 0.259 e. The molecule has 2 aromatic rings. The lowest BCUT2D eigenvalue weighted by molar-refractivity contribution is 0.102. The monoisotopic (exact) mass is 322 g/mol. The molecule has 0 saturated heterocycles. The van der Waals surface area contributed by atoms with Crippen LogP contribution in [0.25, 0.3) is 0 Å². The average molecular weight is 322 g/mol. The highest BCUT2D eigenvalue weighted by molar-refractivity contribution is 7.89. The molecule has 2 rings (SSSR count). The van der Waals surface area contributed by atoms with E-state index in [0.717, 1.165) is 4.31 Å². The van der Waals surface area contributed by atoms with Gasteiger partial charge in [0.05, 0.1) is 10.5 Å². The molecule has 118 valence electrons. The second-order valence-electron chi connectivity index (χ2n) is 5.09. The molecule has 0 bridgehead atoms. The van der Waals surface area contributed by atoms with Crippen LogP contribution in [-0.4, -0.2) is 32.7 Å². The van der Waals surface area contributed by atoms with Crippen molar-refractivity contribution in [2.45, 2.75) is 18.7 Å². The average Bonchev–Trinajstić information content (AvgIpc) is 2.78. The van der Waals surface area contributed by atoms with Gasteiger partial charge in [-0.15, -0.1) is 0 Å². The normalized spacial score (nSPS) is 11.7. The summed E-state index contributed by atoms with van der Waals surface area (Å²) in [5.74, 6) is 0.912. The second-order valence-corrected chi connectivity index (χ2v) is 7.24. The molecule has 1 aromatic carbocycles. The van der Waals surface area contributed by atoms with Gasteiger partial charge in [0.2, 0.25) is 10.0 Å². The Labute approximate surface area is 129 Å².